The smallest absolute Gasteiger partial charge is 0.137 e. The maximum atomic E-state index is 12.8. The van der Waals surface area contributed by atoms with Gasteiger partial charge in [0.25, 0.3) is 0 Å². The lowest BCUT2D eigenvalue weighted by Gasteiger charge is -2.29. The number of hydrogen-bond donors (Lipinski definition) is 2. The van der Waals surface area contributed by atoms with E-state index in [0.29, 0.717) is 21.3 Å². The summed E-state index contributed by atoms with van der Waals surface area (Å²) in [7, 11) is 0. The average molecular weight is 409 g/mol. The van der Waals surface area contributed by atoms with E-state index < -0.39 is 0 Å². The number of anilines is 2. The maximum absolute atomic E-state index is 12.8. The van der Waals surface area contributed by atoms with Crippen molar-refractivity contribution in [1.82, 2.24) is 5.43 Å². The number of nitrogens with zero attached hydrogens (tertiary/aromatic N) is 2. The van der Waals surface area contributed by atoms with Gasteiger partial charge in [0, 0.05) is 16.0 Å². The molecule has 1 spiro atoms. The molecular formula is C20H26ClFN4S. The van der Waals surface area contributed by atoms with Gasteiger partial charge in [0.1, 0.15) is 6.04 Å². The van der Waals surface area contributed by atoms with Gasteiger partial charge in [-0.05, 0) is 36.0 Å². The average Bonchev–Trinajstić information content (AvgIpc) is 3.46. The third kappa shape index (κ3) is 2.93. The van der Waals surface area contributed by atoms with Crippen LogP contribution in [-0.4, -0.2) is 6.04 Å². The topological polar surface area (TPSA) is 65.1 Å². The highest BCUT2D eigenvalue weighted by atomic mass is 35.5. The van der Waals surface area contributed by atoms with E-state index in [1.54, 1.807) is 12.1 Å². The summed E-state index contributed by atoms with van der Waals surface area (Å²) in [6.45, 7) is 14.4. The molecule has 4 nitrogen and oxygen atoms in total. The Morgan fingerprint density at radius 2 is 2.11 bits per heavy atom. The largest absolute Gasteiger partial charge is 0.397 e. The maximum Gasteiger partial charge on any atom is 0.137 e. The van der Waals surface area contributed by atoms with Crippen LogP contribution in [0.15, 0.2) is 41.5 Å². The zero-order valence-electron chi connectivity index (χ0n) is 16.2. The molecule has 1 saturated carbocycles. The van der Waals surface area contributed by atoms with Gasteiger partial charge < -0.3 is 5.73 Å². The summed E-state index contributed by atoms with van der Waals surface area (Å²) < 4.78 is 12.8. The molecule has 3 unspecified atom stereocenters. The third-order valence-electron chi connectivity index (χ3n) is 5.68. The number of nitrogens with two attached hydrogens (primary N) is 1. The van der Waals surface area contributed by atoms with E-state index in [2.05, 4.69) is 38.5 Å². The molecule has 1 aliphatic heterocycles. The molecule has 1 aromatic carbocycles. The first kappa shape index (κ1) is 21.6. The zero-order valence-corrected chi connectivity index (χ0v) is 17.8. The Hall–Kier alpha value is -1.68. The van der Waals surface area contributed by atoms with E-state index in [1.165, 1.54) is 5.57 Å². The van der Waals surface area contributed by atoms with Crippen LogP contribution in [0.4, 0.5) is 15.3 Å². The molecule has 1 fully saturated rings. The minimum absolute atomic E-state index is 0.0245. The number of fused-ring (bicyclic) bond motifs is 2. The number of rotatable bonds is 3. The van der Waals surface area contributed by atoms with Gasteiger partial charge in [-0.25, -0.2) is 5.43 Å². The standard InChI is InChI=1S/C16H16ClFN4S.C2H6.C2H4/c1-3-15(2)7-16(15)12-11(6-19)21-22(14(12)16)13-9(17)4-8(23-18)5-10(13)20;2*1-2/h4-5,11,21H,3,7,20H2,1-2H3;1-2H3;1-2H2. The summed E-state index contributed by atoms with van der Waals surface area (Å²) in [4.78, 5) is 0.372. The molecule has 1 heterocycles. The van der Waals surface area contributed by atoms with Crippen LogP contribution < -0.4 is 16.2 Å². The van der Waals surface area contributed by atoms with Gasteiger partial charge in [0.05, 0.1) is 34.6 Å². The van der Waals surface area contributed by atoms with Crippen LogP contribution in [0.5, 0.6) is 0 Å². The number of allylic oxidation sites excluding steroid dienone is 1. The lowest BCUT2D eigenvalue weighted by molar-refractivity contribution is 0.453. The summed E-state index contributed by atoms with van der Waals surface area (Å²) in [6, 6.07) is 5.09. The van der Waals surface area contributed by atoms with E-state index in [-0.39, 0.29) is 29.0 Å². The Morgan fingerprint density at radius 3 is 2.56 bits per heavy atom. The van der Waals surface area contributed by atoms with Crippen LogP contribution in [0.3, 0.4) is 0 Å². The van der Waals surface area contributed by atoms with E-state index >= 15 is 0 Å². The fraction of sp³-hybridized carbons (Fsp3) is 0.450. The van der Waals surface area contributed by atoms with Gasteiger partial charge in [-0.3, -0.25) is 5.01 Å². The van der Waals surface area contributed by atoms with E-state index in [4.69, 9.17) is 17.3 Å². The second-order valence-electron chi connectivity index (χ2n) is 6.71. The van der Waals surface area contributed by atoms with Crippen LogP contribution in [0.1, 0.15) is 40.5 Å². The molecule has 3 atom stereocenters. The van der Waals surface area contributed by atoms with Crippen molar-refractivity contribution in [2.24, 2.45) is 10.8 Å². The minimum Gasteiger partial charge on any atom is -0.397 e. The Bertz CT molecular complexity index is 798. The number of halogens is 2. The predicted octanol–water partition coefficient (Wildman–Crippen LogP) is 6.02. The first-order valence-corrected chi connectivity index (χ1v) is 10.1. The van der Waals surface area contributed by atoms with Crippen molar-refractivity contribution in [3.63, 3.8) is 0 Å². The van der Waals surface area contributed by atoms with Gasteiger partial charge in [0.15, 0.2) is 0 Å². The fourth-order valence-electron chi connectivity index (χ4n) is 4.18. The molecule has 2 aliphatic carbocycles. The first-order valence-electron chi connectivity index (χ1n) is 9.02. The summed E-state index contributed by atoms with van der Waals surface area (Å²) in [5.74, 6) is 0. The number of benzene rings is 1. The molecule has 3 aliphatic rings. The summed E-state index contributed by atoms with van der Waals surface area (Å²) in [5, 5.41) is 11.7. The molecular weight excluding hydrogens is 383 g/mol. The quantitative estimate of drug-likeness (QED) is 0.473. The van der Waals surface area contributed by atoms with Crippen molar-refractivity contribution in [2.45, 2.75) is 51.5 Å². The lowest BCUT2D eigenvalue weighted by Crippen LogP contribution is -2.42. The monoisotopic (exact) mass is 408 g/mol. The molecule has 1 aromatic rings. The second kappa shape index (κ2) is 7.75. The highest BCUT2D eigenvalue weighted by molar-refractivity contribution is 7.94. The molecule has 0 aromatic heterocycles. The second-order valence-corrected chi connectivity index (χ2v) is 7.74. The molecule has 0 radical (unpaired) electrons. The summed E-state index contributed by atoms with van der Waals surface area (Å²) in [5.41, 5.74) is 12.8. The summed E-state index contributed by atoms with van der Waals surface area (Å²) >= 11 is 6.45. The first-order chi connectivity index (χ1) is 12.9. The van der Waals surface area contributed by atoms with Crippen molar-refractivity contribution in [3.8, 4) is 6.07 Å². The van der Waals surface area contributed by atoms with Crippen molar-refractivity contribution >= 4 is 35.1 Å². The van der Waals surface area contributed by atoms with Crippen LogP contribution in [-0.2, 0) is 0 Å². The molecule has 146 valence electrons. The number of nitriles is 1. The van der Waals surface area contributed by atoms with Gasteiger partial charge in [-0.1, -0.05) is 39.3 Å². The van der Waals surface area contributed by atoms with Crippen molar-refractivity contribution < 1.29 is 3.89 Å². The zero-order chi connectivity index (χ0) is 20.6. The molecule has 0 saturated heterocycles. The third-order valence-corrected chi connectivity index (χ3v) is 6.38. The molecule has 27 heavy (non-hydrogen) atoms. The fourth-order valence-corrected chi connectivity index (χ4v) is 4.89. The predicted molar refractivity (Wildman–Crippen MR) is 113 cm³/mol. The highest BCUT2D eigenvalue weighted by Crippen LogP contribution is 2.84. The molecule has 3 N–H and O–H groups in total. The molecule has 0 bridgehead atoms. The van der Waals surface area contributed by atoms with Crippen LogP contribution in [0.2, 0.25) is 5.02 Å². The number of hydrazine groups is 1. The minimum atomic E-state index is -0.343. The normalized spacial score (nSPS) is 29.2. The van der Waals surface area contributed by atoms with Gasteiger partial charge in [0.2, 0.25) is 0 Å². The van der Waals surface area contributed by atoms with Crippen molar-refractivity contribution in [3.05, 3.63) is 41.6 Å². The number of nitrogen functional groups attached to an aromatic ring is 1. The van der Waals surface area contributed by atoms with Crippen LogP contribution in [0, 0.1) is 22.2 Å². The van der Waals surface area contributed by atoms with Crippen molar-refractivity contribution in [1.29, 1.82) is 5.26 Å². The highest BCUT2D eigenvalue weighted by Gasteiger charge is 2.81. The van der Waals surface area contributed by atoms with Crippen LogP contribution in [0.25, 0.3) is 0 Å². The summed E-state index contributed by atoms with van der Waals surface area (Å²) in [6.07, 6.45) is 2.13. The van der Waals surface area contributed by atoms with Crippen molar-refractivity contribution in [2.75, 3.05) is 10.7 Å². The lowest BCUT2D eigenvalue weighted by atomic mass is 9.96. The SMILES string of the molecule is C=C.CC.CCC1(C)CC12C1=C2N(c2c(N)cc(SF)cc2Cl)NC1C#N. The van der Waals surface area contributed by atoms with Gasteiger partial charge in [-0.2, -0.15) is 9.15 Å². The Labute approximate surface area is 170 Å². The van der Waals surface area contributed by atoms with Gasteiger partial charge >= 0.3 is 0 Å². The number of nitrogens with one attached hydrogen (secondary N) is 1. The molecule has 7 heteroatoms. The number of hydrogen-bond acceptors (Lipinski definition) is 5. The van der Waals surface area contributed by atoms with Crippen LogP contribution >= 0.6 is 23.7 Å². The van der Waals surface area contributed by atoms with Gasteiger partial charge in [-0.15, -0.1) is 13.2 Å². The molecule has 4 rings (SSSR count). The van der Waals surface area contributed by atoms with E-state index in [9.17, 15) is 9.15 Å². The van der Waals surface area contributed by atoms with E-state index in [1.807, 2.05) is 18.9 Å². The Morgan fingerprint density at radius 1 is 1.48 bits per heavy atom. The van der Waals surface area contributed by atoms with E-state index in [0.717, 1.165) is 18.5 Å². The molecule has 0 amide bonds. The Kier molecular flexibility index (Phi) is 6.20. The Balaban J connectivity index is 0.000000614.